The Hall–Kier alpha value is -0.340. The smallest absolute Gasteiger partial charge is 0.00935 e. The highest BCUT2D eigenvalue weighted by molar-refractivity contribution is 7.11. The quantitative estimate of drug-likeness (QED) is 0.729. The van der Waals surface area contributed by atoms with Crippen molar-refractivity contribution in [3.63, 3.8) is 0 Å². The van der Waals surface area contributed by atoms with Crippen molar-refractivity contribution in [3.05, 3.63) is 21.9 Å². The fourth-order valence-electron chi connectivity index (χ4n) is 2.05. The van der Waals surface area contributed by atoms with E-state index in [1.807, 2.05) is 11.3 Å². The van der Waals surface area contributed by atoms with Crippen LogP contribution in [0, 0.1) is 5.92 Å². The molecule has 1 rings (SSSR count). The first-order valence-electron chi connectivity index (χ1n) is 6.98. The fourth-order valence-corrected chi connectivity index (χ4v) is 3.02. The van der Waals surface area contributed by atoms with Crippen LogP contribution in [0.15, 0.2) is 12.1 Å². The van der Waals surface area contributed by atoms with Crippen LogP contribution in [0.1, 0.15) is 50.3 Å². The van der Waals surface area contributed by atoms with Crippen LogP contribution in [0.3, 0.4) is 0 Å². The normalized spacial score (nSPS) is 13.2. The molecule has 2 heteroatoms. The summed E-state index contributed by atoms with van der Waals surface area (Å²) in [7, 11) is 0. The Morgan fingerprint density at radius 1 is 1.18 bits per heavy atom. The van der Waals surface area contributed by atoms with E-state index in [0.29, 0.717) is 6.04 Å². The molecular weight excluding hydrogens is 226 g/mol. The zero-order valence-electron chi connectivity index (χ0n) is 11.8. The van der Waals surface area contributed by atoms with Crippen LogP contribution in [0.25, 0.3) is 0 Å². The third kappa shape index (κ3) is 5.22. The summed E-state index contributed by atoms with van der Waals surface area (Å²) in [5.41, 5.74) is 0. The number of aryl methyl sites for hydroxylation is 2. The molecule has 1 N–H and O–H groups in total. The minimum Gasteiger partial charge on any atom is -0.314 e. The van der Waals surface area contributed by atoms with Crippen LogP contribution >= 0.6 is 11.3 Å². The third-order valence-corrected chi connectivity index (χ3v) is 4.52. The lowest BCUT2D eigenvalue weighted by Crippen LogP contribution is -2.34. The number of hydrogen-bond donors (Lipinski definition) is 1. The molecule has 0 amide bonds. The molecule has 0 radical (unpaired) electrons. The summed E-state index contributed by atoms with van der Waals surface area (Å²) >= 11 is 1.98. The van der Waals surface area contributed by atoms with Crippen molar-refractivity contribution in [1.82, 2.24) is 5.32 Å². The second kappa shape index (κ2) is 7.88. The summed E-state index contributed by atoms with van der Waals surface area (Å²) in [6.45, 7) is 10.2. The fraction of sp³-hybridized carbons (Fsp3) is 0.733. The largest absolute Gasteiger partial charge is 0.314 e. The van der Waals surface area contributed by atoms with E-state index in [-0.39, 0.29) is 0 Å². The average molecular weight is 253 g/mol. The first-order chi connectivity index (χ1) is 8.17. The minimum absolute atomic E-state index is 0.669. The van der Waals surface area contributed by atoms with Gasteiger partial charge in [0.2, 0.25) is 0 Å². The molecule has 0 aliphatic heterocycles. The second-order valence-corrected chi connectivity index (χ2v) is 6.32. The SMILES string of the molecule is CCCNC(CCc1ccc(CC)s1)C(C)C. The molecular formula is C15H27NS. The number of thiophene rings is 1. The van der Waals surface area contributed by atoms with Gasteiger partial charge in [-0.15, -0.1) is 11.3 Å². The highest BCUT2D eigenvalue weighted by Gasteiger charge is 2.12. The van der Waals surface area contributed by atoms with Gasteiger partial charge in [0.25, 0.3) is 0 Å². The van der Waals surface area contributed by atoms with E-state index in [1.165, 1.54) is 30.6 Å². The van der Waals surface area contributed by atoms with Gasteiger partial charge in [0.15, 0.2) is 0 Å². The summed E-state index contributed by atoms with van der Waals surface area (Å²) in [5.74, 6) is 0.729. The number of rotatable bonds is 8. The van der Waals surface area contributed by atoms with Gasteiger partial charge in [0.1, 0.15) is 0 Å². The van der Waals surface area contributed by atoms with Gasteiger partial charge in [-0.05, 0) is 50.3 Å². The Morgan fingerprint density at radius 3 is 2.41 bits per heavy atom. The van der Waals surface area contributed by atoms with Crippen molar-refractivity contribution < 1.29 is 0 Å². The average Bonchev–Trinajstić information content (AvgIpc) is 2.76. The summed E-state index contributed by atoms with van der Waals surface area (Å²) in [6.07, 6.45) is 4.89. The van der Waals surface area contributed by atoms with Gasteiger partial charge in [-0.1, -0.05) is 27.7 Å². The van der Waals surface area contributed by atoms with Gasteiger partial charge < -0.3 is 5.32 Å². The van der Waals surface area contributed by atoms with Gasteiger partial charge >= 0.3 is 0 Å². The third-order valence-electron chi connectivity index (χ3n) is 3.23. The van der Waals surface area contributed by atoms with E-state index >= 15 is 0 Å². The van der Waals surface area contributed by atoms with Crippen LogP contribution in [0.4, 0.5) is 0 Å². The number of hydrogen-bond acceptors (Lipinski definition) is 2. The lowest BCUT2D eigenvalue weighted by Gasteiger charge is -2.22. The molecule has 0 fully saturated rings. The molecule has 0 saturated heterocycles. The molecule has 0 bridgehead atoms. The molecule has 0 aromatic carbocycles. The molecule has 17 heavy (non-hydrogen) atoms. The molecule has 1 aromatic heterocycles. The molecule has 1 nitrogen and oxygen atoms in total. The number of nitrogens with one attached hydrogen (secondary N) is 1. The van der Waals surface area contributed by atoms with E-state index in [1.54, 1.807) is 4.88 Å². The lowest BCUT2D eigenvalue weighted by atomic mass is 9.99. The highest BCUT2D eigenvalue weighted by Crippen LogP contribution is 2.20. The Bertz CT molecular complexity index is 304. The van der Waals surface area contributed by atoms with Gasteiger partial charge in [-0.2, -0.15) is 0 Å². The predicted octanol–water partition coefficient (Wildman–Crippen LogP) is 4.27. The van der Waals surface area contributed by atoms with Crippen LogP contribution < -0.4 is 5.32 Å². The summed E-state index contributed by atoms with van der Waals surface area (Å²) < 4.78 is 0. The molecule has 0 spiro atoms. The first kappa shape index (κ1) is 14.7. The van der Waals surface area contributed by atoms with Crippen molar-refractivity contribution in [2.75, 3.05) is 6.54 Å². The van der Waals surface area contributed by atoms with E-state index < -0.39 is 0 Å². The maximum Gasteiger partial charge on any atom is 0.00935 e. The van der Waals surface area contributed by atoms with Crippen molar-refractivity contribution in [3.8, 4) is 0 Å². The van der Waals surface area contributed by atoms with Gasteiger partial charge in [-0.3, -0.25) is 0 Å². The zero-order chi connectivity index (χ0) is 12.7. The molecule has 0 saturated carbocycles. The second-order valence-electron chi connectivity index (χ2n) is 5.06. The Morgan fingerprint density at radius 2 is 1.88 bits per heavy atom. The van der Waals surface area contributed by atoms with Gasteiger partial charge in [0.05, 0.1) is 0 Å². The zero-order valence-corrected chi connectivity index (χ0v) is 12.6. The van der Waals surface area contributed by atoms with Crippen LogP contribution in [0.2, 0.25) is 0 Å². The Labute approximate surface area is 111 Å². The Kier molecular flexibility index (Phi) is 6.83. The molecule has 98 valence electrons. The van der Waals surface area contributed by atoms with Crippen molar-refractivity contribution in [2.24, 2.45) is 5.92 Å². The van der Waals surface area contributed by atoms with E-state index in [0.717, 1.165) is 12.5 Å². The summed E-state index contributed by atoms with van der Waals surface area (Å²) in [4.78, 5) is 3.06. The van der Waals surface area contributed by atoms with E-state index in [2.05, 4.69) is 45.1 Å². The van der Waals surface area contributed by atoms with Crippen LogP contribution in [-0.2, 0) is 12.8 Å². The molecule has 1 aromatic rings. The van der Waals surface area contributed by atoms with Crippen molar-refractivity contribution >= 4 is 11.3 Å². The predicted molar refractivity (Wildman–Crippen MR) is 78.9 cm³/mol. The van der Waals surface area contributed by atoms with Gasteiger partial charge in [0, 0.05) is 15.8 Å². The van der Waals surface area contributed by atoms with E-state index in [4.69, 9.17) is 0 Å². The molecule has 1 unspecified atom stereocenters. The molecule has 1 heterocycles. The van der Waals surface area contributed by atoms with Crippen molar-refractivity contribution in [2.45, 2.75) is 59.4 Å². The standard InChI is InChI=1S/C15H27NS/c1-5-11-16-15(12(3)4)10-9-14-8-7-13(6-2)17-14/h7-8,12,15-16H,5-6,9-11H2,1-4H3. The summed E-state index contributed by atoms with van der Waals surface area (Å²) in [6, 6.07) is 5.26. The topological polar surface area (TPSA) is 12.0 Å². The maximum absolute atomic E-state index is 3.66. The molecule has 1 atom stereocenters. The van der Waals surface area contributed by atoms with E-state index in [9.17, 15) is 0 Å². The monoisotopic (exact) mass is 253 g/mol. The molecule has 0 aliphatic rings. The Balaban J connectivity index is 2.40. The maximum atomic E-state index is 3.66. The molecule has 0 aliphatic carbocycles. The summed E-state index contributed by atoms with van der Waals surface area (Å²) in [5, 5.41) is 3.66. The first-order valence-corrected chi connectivity index (χ1v) is 7.80. The van der Waals surface area contributed by atoms with Crippen LogP contribution in [0.5, 0.6) is 0 Å². The van der Waals surface area contributed by atoms with Crippen molar-refractivity contribution in [1.29, 1.82) is 0 Å². The highest BCUT2D eigenvalue weighted by atomic mass is 32.1. The minimum atomic E-state index is 0.669. The van der Waals surface area contributed by atoms with Gasteiger partial charge in [-0.25, -0.2) is 0 Å². The lowest BCUT2D eigenvalue weighted by molar-refractivity contribution is 0.379. The van der Waals surface area contributed by atoms with Crippen LogP contribution in [-0.4, -0.2) is 12.6 Å².